The minimum atomic E-state index is -0.540. The van der Waals surface area contributed by atoms with Gasteiger partial charge in [0, 0.05) is 6.08 Å². The van der Waals surface area contributed by atoms with Gasteiger partial charge in [0.15, 0.2) is 5.78 Å². The van der Waals surface area contributed by atoms with E-state index in [-0.39, 0.29) is 5.78 Å². The summed E-state index contributed by atoms with van der Waals surface area (Å²) in [6.07, 6.45) is 5.35. The number of ether oxygens (including phenoxy) is 1. The van der Waals surface area contributed by atoms with Crippen LogP contribution in [0.5, 0.6) is 0 Å². The van der Waals surface area contributed by atoms with E-state index in [0.29, 0.717) is 0 Å². The van der Waals surface area contributed by atoms with Gasteiger partial charge in [-0.25, -0.2) is 4.79 Å². The number of hydrogen-bond acceptors (Lipinski definition) is 3. The van der Waals surface area contributed by atoms with Crippen LogP contribution in [0.4, 0.5) is 0 Å². The molecule has 0 spiro atoms. The molecule has 16 heavy (non-hydrogen) atoms. The maximum atomic E-state index is 11.3. The summed E-state index contributed by atoms with van der Waals surface area (Å²) in [5, 5.41) is 0. The topological polar surface area (TPSA) is 43.4 Å². The van der Waals surface area contributed by atoms with Crippen molar-refractivity contribution in [3.63, 3.8) is 0 Å². The first-order chi connectivity index (χ1) is 7.72. The molecule has 0 aromatic heterocycles. The molecule has 0 fully saturated rings. The Morgan fingerprint density at radius 1 is 1.06 bits per heavy atom. The molecule has 1 rings (SSSR count). The molecule has 3 heteroatoms. The van der Waals surface area contributed by atoms with Crippen molar-refractivity contribution in [1.29, 1.82) is 0 Å². The van der Waals surface area contributed by atoms with Crippen molar-refractivity contribution in [1.82, 2.24) is 0 Å². The highest BCUT2D eigenvalue weighted by atomic mass is 16.5. The van der Waals surface area contributed by atoms with E-state index >= 15 is 0 Å². The third-order valence-electron chi connectivity index (χ3n) is 1.82. The predicted molar refractivity (Wildman–Crippen MR) is 61.6 cm³/mol. The second-order valence-corrected chi connectivity index (χ2v) is 3.00. The molecule has 0 bridgehead atoms. The van der Waals surface area contributed by atoms with Gasteiger partial charge in [-0.3, -0.25) is 4.79 Å². The van der Waals surface area contributed by atoms with E-state index < -0.39 is 5.97 Å². The molecule has 0 saturated heterocycles. The summed E-state index contributed by atoms with van der Waals surface area (Å²) in [6.45, 7) is 0. The van der Waals surface area contributed by atoms with E-state index in [9.17, 15) is 9.59 Å². The van der Waals surface area contributed by atoms with Gasteiger partial charge >= 0.3 is 5.97 Å². The van der Waals surface area contributed by atoms with E-state index in [2.05, 4.69) is 4.74 Å². The fourth-order valence-electron chi connectivity index (χ4n) is 1.02. The highest BCUT2D eigenvalue weighted by Crippen LogP contribution is 2.00. The average Bonchev–Trinajstić information content (AvgIpc) is 2.34. The molecule has 0 heterocycles. The van der Waals surface area contributed by atoms with Crippen LogP contribution in [-0.2, 0) is 14.3 Å². The zero-order valence-electron chi connectivity index (χ0n) is 8.92. The van der Waals surface area contributed by atoms with Gasteiger partial charge in [0.05, 0.1) is 7.11 Å². The first kappa shape index (κ1) is 11.9. The van der Waals surface area contributed by atoms with Crippen molar-refractivity contribution in [3.05, 3.63) is 54.1 Å². The standard InChI is InChI=1S/C13H12O3/c1-16-13(15)10-9-12(14)8-7-11-5-3-2-4-6-11/h2-10H,1H3. The summed E-state index contributed by atoms with van der Waals surface area (Å²) in [6, 6.07) is 9.43. The minimum Gasteiger partial charge on any atom is -0.466 e. The lowest BCUT2D eigenvalue weighted by molar-refractivity contribution is -0.135. The smallest absolute Gasteiger partial charge is 0.330 e. The number of carbonyl (C=O) groups excluding carboxylic acids is 2. The highest BCUT2D eigenvalue weighted by Gasteiger charge is 1.93. The van der Waals surface area contributed by atoms with Crippen molar-refractivity contribution in [3.8, 4) is 0 Å². The third-order valence-corrected chi connectivity index (χ3v) is 1.82. The van der Waals surface area contributed by atoms with Crippen LogP contribution in [0.15, 0.2) is 48.6 Å². The summed E-state index contributed by atoms with van der Waals surface area (Å²) in [7, 11) is 1.26. The monoisotopic (exact) mass is 216 g/mol. The number of esters is 1. The normalized spacial score (nSPS) is 10.8. The average molecular weight is 216 g/mol. The van der Waals surface area contributed by atoms with Gasteiger partial charge in [-0.1, -0.05) is 36.4 Å². The van der Waals surface area contributed by atoms with Gasteiger partial charge in [-0.05, 0) is 17.7 Å². The van der Waals surface area contributed by atoms with Crippen LogP contribution >= 0.6 is 0 Å². The lowest BCUT2D eigenvalue weighted by Gasteiger charge is -1.90. The number of carbonyl (C=O) groups is 2. The summed E-state index contributed by atoms with van der Waals surface area (Å²) in [5.41, 5.74) is 0.933. The minimum absolute atomic E-state index is 0.255. The van der Waals surface area contributed by atoms with Gasteiger partial charge in [0.1, 0.15) is 0 Å². The Hall–Kier alpha value is -2.16. The predicted octanol–water partition coefficient (Wildman–Crippen LogP) is 2.00. The molecule has 0 saturated carbocycles. The van der Waals surface area contributed by atoms with Crippen LogP contribution in [0.3, 0.4) is 0 Å². The van der Waals surface area contributed by atoms with E-state index in [4.69, 9.17) is 0 Å². The Labute approximate surface area is 94.0 Å². The lowest BCUT2D eigenvalue weighted by atomic mass is 10.2. The molecule has 0 atom stereocenters. The molecule has 0 aliphatic heterocycles. The lowest BCUT2D eigenvalue weighted by Crippen LogP contribution is -1.95. The maximum absolute atomic E-state index is 11.3. The molecular weight excluding hydrogens is 204 g/mol. The Kier molecular flexibility index (Phi) is 4.73. The van der Waals surface area contributed by atoms with Gasteiger partial charge in [0.2, 0.25) is 0 Å². The van der Waals surface area contributed by atoms with Crippen LogP contribution in [0.1, 0.15) is 5.56 Å². The highest BCUT2D eigenvalue weighted by molar-refractivity contribution is 6.04. The Bertz CT molecular complexity index is 416. The first-order valence-corrected chi connectivity index (χ1v) is 4.75. The molecular formula is C13H12O3. The van der Waals surface area contributed by atoms with Gasteiger partial charge in [0.25, 0.3) is 0 Å². The maximum Gasteiger partial charge on any atom is 0.330 e. The fourth-order valence-corrected chi connectivity index (χ4v) is 1.02. The van der Waals surface area contributed by atoms with Crippen molar-refractivity contribution in [2.45, 2.75) is 0 Å². The third kappa shape index (κ3) is 4.37. The van der Waals surface area contributed by atoms with E-state index in [1.54, 1.807) is 6.08 Å². The molecule has 1 aromatic carbocycles. The number of rotatable bonds is 4. The molecule has 0 unspecified atom stereocenters. The fraction of sp³-hybridized carbons (Fsp3) is 0.0769. The molecule has 0 N–H and O–H groups in total. The van der Waals surface area contributed by atoms with E-state index in [1.165, 1.54) is 19.3 Å². The number of benzene rings is 1. The van der Waals surface area contributed by atoms with Crippen molar-refractivity contribution < 1.29 is 14.3 Å². The van der Waals surface area contributed by atoms with Crippen molar-refractivity contribution in [2.75, 3.05) is 7.11 Å². The molecule has 0 aliphatic carbocycles. The number of allylic oxidation sites excluding steroid dienone is 2. The van der Waals surface area contributed by atoms with E-state index in [1.807, 2.05) is 30.3 Å². The Morgan fingerprint density at radius 3 is 2.38 bits per heavy atom. The zero-order valence-corrected chi connectivity index (χ0v) is 8.92. The molecule has 0 radical (unpaired) electrons. The first-order valence-electron chi connectivity index (χ1n) is 4.75. The molecule has 1 aromatic rings. The molecule has 82 valence electrons. The molecule has 0 aliphatic rings. The second kappa shape index (κ2) is 6.35. The summed E-state index contributed by atoms with van der Waals surface area (Å²) in [4.78, 5) is 22.0. The Balaban J connectivity index is 2.55. The summed E-state index contributed by atoms with van der Waals surface area (Å²) >= 11 is 0. The van der Waals surface area contributed by atoms with Crippen LogP contribution in [0.25, 0.3) is 6.08 Å². The van der Waals surface area contributed by atoms with Crippen LogP contribution < -0.4 is 0 Å². The number of ketones is 1. The van der Waals surface area contributed by atoms with Crippen molar-refractivity contribution >= 4 is 17.8 Å². The van der Waals surface area contributed by atoms with Crippen LogP contribution in [-0.4, -0.2) is 18.9 Å². The van der Waals surface area contributed by atoms with Gasteiger partial charge < -0.3 is 4.74 Å². The summed E-state index contributed by atoms with van der Waals surface area (Å²) < 4.78 is 4.36. The Morgan fingerprint density at radius 2 is 1.75 bits per heavy atom. The molecule has 3 nitrogen and oxygen atoms in total. The SMILES string of the molecule is COC(=O)C=CC(=O)C=Cc1ccccc1. The largest absolute Gasteiger partial charge is 0.466 e. The van der Waals surface area contributed by atoms with Gasteiger partial charge in [-0.15, -0.1) is 0 Å². The summed E-state index contributed by atoms with van der Waals surface area (Å²) in [5.74, 6) is -0.796. The van der Waals surface area contributed by atoms with Crippen molar-refractivity contribution in [2.24, 2.45) is 0 Å². The number of methoxy groups -OCH3 is 1. The van der Waals surface area contributed by atoms with Crippen LogP contribution in [0, 0.1) is 0 Å². The second-order valence-electron chi connectivity index (χ2n) is 3.00. The molecule has 0 amide bonds. The van der Waals surface area contributed by atoms with E-state index in [0.717, 1.165) is 11.6 Å². The quantitative estimate of drug-likeness (QED) is 0.571. The van der Waals surface area contributed by atoms with Crippen LogP contribution in [0.2, 0.25) is 0 Å². The van der Waals surface area contributed by atoms with Gasteiger partial charge in [-0.2, -0.15) is 0 Å². The number of hydrogen-bond donors (Lipinski definition) is 0. The zero-order chi connectivity index (χ0) is 11.8.